The van der Waals surface area contributed by atoms with Crippen molar-refractivity contribution in [1.29, 1.82) is 0 Å². The molecule has 0 radical (unpaired) electrons. The number of carbonyl (C=O) groups excluding carboxylic acids is 1. The number of aromatic nitrogens is 2. The van der Waals surface area contributed by atoms with Crippen LogP contribution in [0.25, 0.3) is 11.5 Å². The lowest BCUT2D eigenvalue weighted by molar-refractivity contribution is 0.0526. The van der Waals surface area contributed by atoms with Crippen LogP contribution in [0.3, 0.4) is 0 Å². The molecule has 0 unspecified atom stereocenters. The van der Waals surface area contributed by atoms with Crippen molar-refractivity contribution in [2.24, 2.45) is 0 Å². The van der Waals surface area contributed by atoms with E-state index in [1.54, 1.807) is 31.2 Å². The first-order valence-electron chi connectivity index (χ1n) is 7.64. The van der Waals surface area contributed by atoms with Gasteiger partial charge in [0.2, 0.25) is 5.89 Å². The highest BCUT2D eigenvalue weighted by Crippen LogP contribution is 2.26. The molecule has 0 amide bonds. The van der Waals surface area contributed by atoms with Gasteiger partial charge in [-0.05, 0) is 59.3 Å². The number of esters is 1. The van der Waals surface area contributed by atoms with Crippen molar-refractivity contribution in [3.05, 3.63) is 64.5 Å². The molecule has 128 valence electrons. The van der Waals surface area contributed by atoms with Crippen molar-refractivity contribution >= 4 is 21.9 Å². The smallest absolute Gasteiger partial charge is 0.338 e. The molecule has 0 aliphatic rings. The largest absolute Gasteiger partial charge is 0.484 e. The average molecular weight is 403 g/mol. The monoisotopic (exact) mass is 402 g/mol. The van der Waals surface area contributed by atoms with Crippen molar-refractivity contribution in [2.75, 3.05) is 6.61 Å². The maximum Gasteiger partial charge on any atom is 0.338 e. The van der Waals surface area contributed by atoms with Crippen molar-refractivity contribution in [3.8, 4) is 17.2 Å². The van der Waals surface area contributed by atoms with Gasteiger partial charge in [0.15, 0.2) is 6.61 Å². The van der Waals surface area contributed by atoms with Gasteiger partial charge in [-0.2, -0.15) is 0 Å². The number of benzene rings is 2. The molecule has 6 nitrogen and oxygen atoms in total. The summed E-state index contributed by atoms with van der Waals surface area (Å²) in [7, 11) is 0. The van der Waals surface area contributed by atoms with E-state index < -0.39 is 0 Å². The summed E-state index contributed by atoms with van der Waals surface area (Å²) in [5, 5.41) is 8.01. The molecular weight excluding hydrogens is 388 g/mol. The van der Waals surface area contributed by atoms with Crippen LogP contribution in [0.5, 0.6) is 5.75 Å². The third-order valence-electron chi connectivity index (χ3n) is 3.30. The van der Waals surface area contributed by atoms with Crippen molar-refractivity contribution in [3.63, 3.8) is 0 Å². The molecule has 0 atom stereocenters. The van der Waals surface area contributed by atoms with E-state index in [1.807, 2.05) is 24.3 Å². The van der Waals surface area contributed by atoms with Crippen LogP contribution < -0.4 is 4.74 Å². The fourth-order valence-corrected chi connectivity index (χ4v) is 2.56. The van der Waals surface area contributed by atoms with Gasteiger partial charge in [-0.3, -0.25) is 0 Å². The zero-order valence-corrected chi connectivity index (χ0v) is 15.0. The van der Waals surface area contributed by atoms with Gasteiger partial charge in [0, 0.05) is 4.47 Å². The van der Waals surface area contributed by atoms with Crippen LogP contribution in [0.2, 0.25) is 0 Å². The van der Waals surface area contributed by atoms with Gasteiger partial charge >= 0.3 is 5.97 Å². The third kappa shape index (κ3) is 4.24. The highest BCUT2D eigenvalue weighted by atomic mass is 79.9. The highest BCUT2D eigenvalue weighted by molar-refractivity contribution is 9.10. The summed E-state index contributed by atoms with van der Waals surface area (Å²) in [6.07, 6.45) is 0. The Balaban J connectivity index is 1.63. The zero-order valence-electron chi connectivity index (χ0n) is 13.4. The summed E-state index contributed by atoms with van der Waals surface area (Å²) in [6, 6.07) is 14.3. The van der Waals surface area contributed by atoms with Crippen LogP contribution in [-0.4, -0.2) is 22.8 Å². The predicted molar refractivity (Wildman–Crippen MR) is 94.2 cm³/mol. The number of ether oxygens (including phenoxy) is 2. The Morgan fingerprint density at radius 3 is 2.60 bits per heavy atom. The maximum absolute atomic E-state index is 11.6. The molecule has 0 saturated carbocycles. The van der Waals surface area contributed by atoms with E-state index in [9.17, 15) is 4.79 Å². The van der Waals surface area contributed by atoms with Crippen LogP contribution in [-0.2, 0) is 11.3 Å². The van der Waals surface area contributed by atoms with E-state index in [0.717, 1.165) is 10.0 Å². The summed E-state index contributed by atoms with van der Waals surface area (Å²) < 4.78 is 17.0. The number of carbonyl (C=O) groups is 1. The Bertz CT molecular complexity index is 862. The fourth-order valence-electron chi connectivity index (χ4n) is 2.10. The topological polar surface area (TPSA) is 74.5 Å². The fraction of sp³-hybridized carbons (Fsp3) is 0.167. The molecule has 0 spiro atoms. The van der Waals surface area contributed by atoms with Gasteiger partial charge in [-0.25, -0.2) is 4.79 Å². The molecule has 3 rings (SSSR count). The standard InChI is InChI=1S/C18H15BrN2O4/c1-2-23-18(22)12-7-9-13(10-8-12)24-11-16-20-21-17(25-16)14-5-3-4-6-15(14)19/h3-10H,2,11H2,1H3. The molecule has 0 aliphatic heterocycles. The van der Waals surface area contributed by atoms with E-state index in [2.05, 4.69) is 26.1 Å². The minimum atomic E-state index is -0.357. The van der Waals surface area contributed by atoms with Crippen LogP contribution >= 0.6 is 15.9 Å². The molecule has 1 aromatic heterocycles. The summed E-state index contributed by atoms with van der Waals surface area (Å²) in [5.74, 6) is 1.02. The molecular formula is C18H15BrN2O4. The van der Waals surface area contributed by atoms with Crippen LogP contribution in [0.15, 0.2) is 57.4 Å². The van der Waals surface area contributed by atoms with Gasteiger partial charge in [-0.1, -0.05) is 12.1 Å². The molecule has 3 aromatic rings. The minimum absolute atomic E-state index is 0.135. The molecule has 0 fully saturated rings. The lowest BCUT2D eigenvalue weighted by atomic mass is 10.2. The first-order chi connectivity index (χ1) is 12.2. The SMILES string of the molecule is CCOC(=O)c1ccc(OCc2nnc(-c3ccccc3Br)o2)cc1. The first kappa shape index (κ1) is 17.2. The van der Waals surface area contributed by atoms with Gasteiger partial charge in [0.05, 0.1) is 17.7 Å². The van der Waals surface area contributed by atoms with Gasteiger partial charge in [0.1, 0.15) is 5.75 Å². The van der Waals surface area contributed by atoms with E-state index in [4.69, 9.17) is 13.9 Å². The van der Waals surface area contributed by atoms with E-state index >= 15 is 0 Å². The highest BCUT2D eigenvalue weighted by Gasteiger charge is 2.12. The Morgan fingerprint density at radius 1 is 1.12 bits per heavy atom. The van der Waals surface area contributed by atoms with E-state index in [1.165, 1.54) is 0 Å². The second kappa shape index (κ2) is 7.94. The number of hydrogen-bond donors (Lipinski definition) is 0. The number of rotatable bonds is 6. The Kier molecular flexibility index (Phi) is 5.45. The van der Waals surface area contributed by atoms with Crippen LogP contribution in [0.4, 0.5) is 0 Å². The van der Waals surface area contributed by atoms with Crippen LogP contribution in [0, 0.1) is 0 Å². The predicted octanol–water partition coefficient (Wildman–Crippen LogP) is 4.25. The second-order valence-electron chi connectivity index (χ2n) is 5.01. The van der Waals surface area contributed by atoms with Gasteiger partial charge in [-0.15, -0.1) is 10.2 Å². The zero-order chi connectivity index (χ0) is 17.6. The normalized spacial score (nSPS) is 10.5. The molecule has 0 aliphatic carbocycles. The van der Waals surface area contributed by atoms with E-state index in [-0.39, 0.29) is 12.6 Å². The van der Waals surface area contributed by atoms with Gasteiger partial charge < -0.3 is 13.9 Å². The van der Waals surface area contributed by atoms with E-state index in [0.29, 0.717) is 29.7 Å². The Hall–Kier alpha value is -2.67. The molecule has 2 aromatic carbocycles. The van der Waals surface area contributed by atoms with Crippen LogP contribution in [0.1, 0.15) is 23.2 Å². The lowest BCUT2D eigenvalue weighted by Gasteiger charge is -2.05. The molecule has 25 heavy (non-hydrogen) atoms. The Morgan fingerprint density at radius 2 is 1.88 bits per heavy atom. The maximum atomic E-state index is 11.6. The molecule has 0 N–H and O–H groups in total. The number of halogens is 1. The summed E-state index contributed by atoms with van der Waals surface area (Å²) in [6.45, 7) is 2.24. The molecule has 1 heterocycles. The number of nitrogens with zero attached hydrogens (tertiary/aromatic N) is 2. The quantitative estimate of drug-likeness (QED) is 0.573. The molecule has 0 saturated heterocycles. The first-order valence-corrected chi connectivity index (χ1v) is 8.44. The molecule has 7 heteroatoms. The molecule has 0 bridgehead atoms. The summed E-state index contributed by atoms with van der Waals surface area (Å²) in [4.78, 5) is 11.6. The third-order valence-corrected chi connectivity index (χ3v) is 3.99. The Labute approximate surface area is 152 Å². The van der Waals surface area contributed by atoms with Crippen molar-refractivity contribution in [2.45, 2.75) is 13.5 Å². The number of hydrogen-bond acceptors (Lipinski definition) is 6. The average Bonchev–Trinajstić information content (AvgIpc) is 3.10. The minimum Gasteiger partial charge on any atom is -0.484 e. The van der Waals surface area contributed by atoms with Gasteiger partial charge in [0.25, 0.3) is 5.89 Å². The summed E-state index contributed by atoms with van der Waals surface area (Å²) in [5.41, 5.74) is 1.29. The second-order valence-corrected chi connectivity index (χ2v) is 5.87. The summed E-state index contributed by atoms with van der Waals surface area (Å²) >= 11 is 3.45. The lowest BCUT2D eigenvalue weighted by Crippen LogP contribution is -2.04. The van der Waals surface area contributed by atoms with Crippen molar-refractivity contribution in [1.82, 2.24) is 10.2 Å². The van der Waals surface area contributed by atoms with Crippen molar-refractivity contribution < 1.29 is 18.7 Å².